The molecule has 3 unspecified atom stereocenters. The summed E-state index contributed by atoms with van der Waals surface area (Å²) in [7, 11) is 1.81. The molecule has 6 heteroatoms. The Hall–Kier alpha value is -1.95. The average Bonchev–Trinajstić information content (AvgIpc) is 3.09. The minimum atomic E-state index is -0.804. The predicted molar refractivity (Wildman–Crippen MR) is 96.2 cm³/mol. The molecule has 2 spiro atoms. The van der Waals surface area contributed by atoms with Crippen molar-refractivity contribution in [2.45, 2.75) is 63.8 Å². The highest BCUT2D eigenvalue weighted by Crippen LogP contribution is 2.62. The van der Waals surface area contributed by atoms with Crippen LogP contribution in [0, 0.1) is 5.41 Å². The van der Waals surface area contributed by atoms with Gasteiger partial charge in [0.15, 0.2) is 0 Å². The van der Waals surface area contributed by atoms with Gasteiger partial charge in [-0.05, 0) is 44.6 Å². The maximum atomic E-state index is 12.7. The third kappa shape index (κ3) is 1.94. The van der Waals surface area contributed by atoms with Gasteiger partial charge in [0.2, 0.25) is 5.72 Å². The summed E-state index contributed by atoms with van der Waals surface area (Å²) in [5, 5.41) is 10.0. The first-order valence-electron chi connectivity index (χ1n) is 9.78. The smallest absolute Gasteiger partial charge is 0.325 e. The molecule has 0 bridgehead atoms. The lowest BCUT2D eigenvalue weighted by atomic mass is 9.65. The second-order valence-corrected chi connectivity index (χ2v) is 8.38. The molecule has 3 fully saturated rings. The molecule has 0 radical (unpaired) electrons. The second-order valence-electron chi connectivity index (χ2n) is 8.38. The maximum Gasteiger partial charge on any atom is 0.325 e. The van der Waals surface area contributed by atoms with Crippen LogP contribution in [-0.4, -0.2) is 51.4 Å². The van der Waals surface area contributed by atoms with E-state index in [2.05, 4.69) is 23.4 Å². The molecule has 26 heavy (non-hydrogen) atoms. The molecule has 1 N–H and O–H groups in total. The van der Waals surface area contributed by atoms with Gasteiger partial charge in [0.1, 0.15) is 12.0 Å². The first kappa shape index (κ1) is 16.2. The normalized spacial score (nSPS) is 36.8. The van der Waals surface area contributed by atoms with E-state index in [1.165, 1.54) is 29.0 Å². The van der Waals surface area contributed by atoms with Crippen LogP contribution in [0.4, 0.5) is 4.79 Å². The van der Waals surface area contributed by atoms with Crippen LogP contribution in [0.2, 0.25) is 0 Å². The van der Waals surface area contributed by atoms with Crippen molar-refractivity contribution in [2.24, 2.45) is 5.41 Å². The van der Waals surface area contributed by atoms with Gasteiger partial charge in [0.25, 0.3) is 0 Å². The Morgan fingerprint density at radius 2 is 2.15 bits per heavy atom. The molecule has 2 saturated heterocycles. The highest BCUT2D eigenvalue weighted by Gasteiger charge is 2.64. The van der Waals surface area contributed by atoms with E-state index in [9.17, 15) is 9.90 Å². The molecule has 4 aliphatic heterocycles. The van der Waals surface area contributed by atoms with Crippen molar-refractivity contribution >= 4 is 6.03 Å². The van der Waals surface area contributed by atoms with Crippen molar-refractivity contribution < 1.29 is 14.6 Å². The molecule has 1 aliphatic carbocycles. The Kier molecular flexibility index (Phi) is 3.30. The Balaban J connectivity index is 1.62. The zero-order valence-corrected chi connectivity index (χ0v) is 15.6. The number of nitrogens with zero attached hydrogens (tertiary/aromatic N) is 3. The zero-order valence-electron chi connectivity index (χ0n) is 15.6. The summed E-state index contributed by atoms with van der Waals surface area (Å²) in [6.45, 7) is 2.06. The number of aliphatic hydroxyl groups excluding tert-OH is 1. The van der Waals surface area contributed by atoms with E-state index in [4.69, 9.17) is 4.74 Å². The van der Waals surface area contributed by atoms with E-state index in [1.54, 1.807) is 11.8 Å². The van der Waals surface area contributed by atoms with E-state index >= 15 is 0 Å². The largest absolute Gasteiger partial charge is 0.467 e. The van der Waals surface area contributed by atoms with Crippen LogP contribution in [0.25, 0.3) is 0 Å². The number of amides is 2. The number of aliphatic hydroxyl groups is 1. The average molecular weight is 357 g/mol. The maximum absolute atomic E-state index is 12.7. The quantitative estimate of drug-likeness (QED) is 0.784. The minimum absolute atomic E-state index is 0.0709. The summed E-state index contributed by atoms with van der Waals surface area (Å²) in [6.07, 6.45) is 13.3. The van der Waals surface area contributed by atoms with E-state index in [0.29, 0.717) is 6.54 Å². The van der Waals surface area contributed by atoms with Crippen molar-refractivity contribution in [3.63, 3.8) is 0 Å². The molecule has 5 aliphatic rings. The first-order chi connectivity index (χ1) is 12.5. The third-order valence-corrected chi connectivity index (χ3v) is 6.91. The molecular formula is C20H27N3O3. The van der Waals surface area contributed by atoms with Crippen molar-refractivity contribution in [1.29, 1.82) is 0 Å². The van der Waals surface area contributed by atoms with Gasteiger partial charge in [-0.2, -0.15) is 0 Å². The lowest BCUT2D eigenvalue weighted by Crippen LogP contribution is -2.45. The number of hydrogen-bond acceptors (Lipinski definition) is 4. The number of fused-ring (bicyclic) bond motifs is 1. The molecule has 0 aromatic carbocycles. The Labute approximate surface area is 154 Å². The fourth-order valence-electron chi connectivity index (χ4n) is 5.52. The molecular weight excluding hydrogens is 330 g/mol. The molecule has 1 saturated carbocycles. The molecule has 0 aromatic heterocycles. The fraction of sp³-hybridized carbons (Fsp3) is 0.650. The van der Waals surface area contributed by atoms with Gasteiger partial charge in [-0.3, -0.25) is 9.80 Å². The van der Waals surface area contributed by atoms with Crippen molar-refractivity contribution in [3.8, 4) is 0 Å². The molecule has 140 valence electrons. The van der Waals surface area contributed by atoms with Gasteiger partial charge in [-0.15, -0.1) is 0 Å². The van der Waals surface area contributed by atoms with Crippen molar-refractivity contribution in [1.82, 2.24) is 14.7 Å². The third-order valence-electron chi connectivity index (χ3n) is 6.91. The number of ether oxygens (including phenoxy) is 1. The summed E-state index contributed by atoms with van der Waals surface area (Å²) < 4.78 is 6.72. The summed E-state index contributed by atoms with van der Waals surface area (Å²) >= 11 is 0. The highest BCUT2D eigenvalue weighted by molar-refractivity contribution is 5.78. The Morgan fingerprint density at radius 1 is 1.31 bits per heavy atom. The second kappa shape index (κ2) is 5.28. The standard InChI is InChI=1S/C20H27N3O3/c1-14(24)23-13-20(21(2)18(23)25)12-19-9-5-3-7-15(19)11-22-10-6-4-8-16(22)17(19)26-20/h6,10-11,14,24H,3-5,7-9,12-13H2,1-2H3. The van der Waals surface area contributed by atoms with Gasteiger partial charge < -0.3 is 14.7 Å². The SMILES string of the molecule is CC(O)N1CC2(CC34CCCCC3=CN3C=CCCC3=C4O2)N(C)C1=O. The zero-order chi connectivity index (χ0) is 18.1. The Bertz CT molecular complexity index is 755. The van der Waals surface area contributed by atoms with E-state index in [1.807, 2.05) is 7.05 Å². The highest BCUT2D eigenvalue weighted by atomic mass is 16.5. The lowest BCUT2D eigenvalue weighted by Gasteiger charge is -2.42. The van der Waals surface area contributed by atoms with Crippen LogP contribution in [0.15, 0.2) is 35.5 Å². The topological polar surface area (TPSA) is 56.2 Å². The van der Waals surface area contributed by atoms with E-state index in [0.717, 1.165) is 37.9 Å². The number of rotatable bonds is 1. The lowest BCUT2D eigenvalue weighted by molar-refractivity contribution is -0.0503. The van der Waals surface area contributed by atoms with Crippen molar-refractivity contribution in [3.05, 3.63) is 35.5 Å². The van der Waals surface area contributed by atoms with Crippen LogP contribution in [0.5, 0.6) is 0 Å². The number of carbonyl (C=O) groups is 1. The Morgan fingerprint density at radius 3 is 2.92 bits per heavy atom. The summed E-state index contributed by atoms with van der Waals surface area (Å²) in [5.74, 6) is 1.09. The summed E-state index contributed by atoms with van der Waals surface area (Å²) in [5.41, 5.74) is 1.95. The van der Waals surface area contributed by atoms with Crippen LogP contribution >= 0.6 is 0 Å². The molecule has 6 nitrogen and oxygen atoms in total. The van der Waals surface area contributed by atoms with Gasteiger partial charge >= 0.3 is 6.03 Å². The van der Waals surface area contributed by atoms with Gasteiger partial charge in [-0.1, -0.05) is 12.5 Å². The predicted octanol–water partition coefficient (Wildman–Crippen LogP) is 3.09. The number of likely N-dealkylation sites (N-methyl/N-ethyl adjacent to an activating group) is 1. The van der Waals surface area contributed by atoms with Gasteiger partial charge in [0, 0.05) is 25.9 Å². The molecule has 3 atom stereocenters. The van der Waals surface area contributed by atoms with E-state index < -0.39 is 12.0 Å². The van der Waals surface area contributed by atoms with Gasteiger partial charge in [-0.25, -0.2) is 4.79 Å². The van der Waals surface area contributed by atoms with Crippen LogP contribution in [0.1, 0.15) is 51.9 Å². The minimum Gasteiger partial charge on any atom is -0.467 e. The number of allylic oxidation sites excluding steroid dienone is 3. The first-order valence-corrected chi connectivity index (χ1v) is 9.78. The number of hydrogen-bond donors (Lipinski definition) is 1. The molecule has 4 heterocycles. The monoisotopic (exact) mass is 357 g/mol. The van der Waals surface area contributed by atoms with Crippen molar-refractivity contribution in [2.75, 3.05) is 13.6 Å². The van der Waals surface area contributed by atoms with Gasteiger partial charge in [0.05, 0.1) is 17.7 Å². The molecule has 2 amide bonds. The number of urea groups is 1. The molecule has 0 aromatic rings. The number of carbonyl (C=O) groups excluding carboxylic acids is 1. The summed E-state index contributed by atoms with van der Waals surface area (Å²) in [4.78, 5) is 18.2. The van der Waals surface area contributed by atoms with Crippen LogP contribution in [-0.2, 0) is 4.74 Å². The summed E-state index contributed by atoms with van der Waals surface area (Å²) in [6, 6.07) is -0.151. The van der Waals surface area contributed by atoms with Crippen LogP contribution < -0.4 is 0 Å². The van der Waals surface area contributed by atoms with Crippen LogP contribution in [0.3, 0.4) is 0 Å². The molecule has 5 rings (SSSR count). The fourth-order valence-corrected chi connectivity index (χ4v) is 5.52. The van der Waals surface area contributed by atoms with E-state index in [-0.39, 0.29) is 11.4 Å².